The summed E-state index contributed by atoms with van der Waals surface area (Å²) in [6.45, 7) is 7.93. The molecule has 6 nitrogen and oxygen atoms in total. The zero-order valence-electron chi connectivity index (χ0n) is 16.1. The Morgan fingerprint density at radius 2 is 1.85 bits per heavy atom. The Kier molecular flexibility index (Phi) is 8.81. The average Bonchev–Trinajstić information content (AvgIpc) is 2.58. The van der Waals surface area contributed by atoms with E-state index in [4.69, 9.17) is 0 Å². The maximum atomic E-state index is 12.8. The third kappa shape index (κ3) is 6.70. The highest BCUT2D eigenvalue weighted by molar-refractivity contribution is 14.0. The van der Waals surface area contributed by atoms with Crippen LogP contribution in [0.3, 0.4) is 0 Å². The molecule has 0 aromatic heterocycles. The third-order valence-corrected chi connectivity index (χ3v) is 5.92. The molecule has 1 aromatic carbocycles. The van der Waals surface area contributed by atoms with E-state index in [2.05, 4.69) is 36.4 Å². The number of nitrogens with one attached hydrogen (secondary N) is 2. The van der Waals surface area contributed by atoms with Gasteiger partial charge in [0.05, 0.1) is 4.90 Å². The van der Waals surface area contributed by atoms with Crippen LogP contribution in [0.4, 0.5) is 0 Å². The molecule has 0 spiro atoms. The van der Waals surface area contributed by atoms with Crippen molar-refractivity contribution in [3.63, 3.8) is 0 Å². The fraction of sp³-hybridized carbons (Fsp3) is 0.611. The molecule has 0 amide bonds. The summed E-state index contributed by atoms with van der Waals surface area (Å²) in [5.41, 5.74) is 0.816. The lowest BCUT2D eigenvalue weighted by molar-refractivity contribution is 0.346. The summed E-state index contributed by atoms with van der Waals surface area (Å²) in [7, 11) is -1.68. The van der Waals surface area contributed by atoms with Crippen LogP contribution >= 0.6 is 24.0 Å². The monoisotopic (exact) mass is 494 g/mol. The number of halogens is 1. The van der Waals surface area contributed by atoms with E-state index in [-0.39, 0.29) is 29.5 Å². The molecule has 0 bridgehead atoms. The molecule has 8 heteroatoms. The van der Waals surface area contributed by atoms with Gasteiger partial charge < -0.3 is 10.6 Å². The largest absolute Gasteiger partial charge is 0.352 e. The van der Waals surface area contributed by atoms with E-state index in [1.54, 1.807) is 29.6 Å². The smallest absolute Gasteiger partial charge is 0.243 e. The highest BCUT2D eigenvalue weighted by Crippen LogP contribution is 2.21. The second-order valence-electron chi connectivity index (χ2n) is 7.41. The molecule has 1 aromatic rings. The molecule has 1 heterocycles. The average molecular weight is 494 g/mol. The predicted molar refractivity (Wildman–Crippen MR) is 118 cm³/mol. The minimum absolute atomic E-state index is 0. The Bertz CT molecular complexity index is 708. The van der Waals surface area contributed by atoms with Crippen molar-refractivity contribution in [1.29, 1.82) is 0 Å². The van der Waals surface area contributed by atoms with Crippen molar-refractivity contribution in [2.45, 2.75) is 57.0 Å². The lowest BCUT2D eigenvalue weighted by atomic mass is 10.1. The van der Waals surface area contributed by atoms with Gasteiger partial charge in [0.25, 0.3) is 0 Å². The maximum absolute atomic E-state index is 12.8. The van der Waals surface area contributed by atoms with Gasteiger partial charge in [-0.25, -0.2) is 8.42 Å². The van der Waals surface area contributed by atoms with Crippen molar-refractivity contribution >= 4 is 40.0 Å². The van der Waals surface area contributed by atoms with Crippen LogP contribution in [0.5, 0.6) is 0 Å². The molecule has 2 rings (SSSR count). The highest BCUT2D eigenvalue weighted by atomic mass is 127. The second-order valence-corrected chi connectivity index (χ2v) is 9.35. The van der Waals surface area contributed by atoms with Crippen LogP contribution in [0.15, 0.2) is 34.2 Å². The molecule has 1 aliphatic rings. The fourth-order valence-electron chi connectivity index (χ4n) is 2.79. The van der Waals surface area contributed by atoms with Gasteiger partial charge in [0.1, 0.15) is 0 Å². The summed E-state index contributed by atoms with van der Waals surface area (Å²) in [6.07, 6.45) is 2.99. The molecular weight excluding hydrogens is 463 g/mol. The van der Waals surface area contributed by atoms with E-state index >= 15 is 0 Å². The summed E-state index contributed by atoms with van der Waals surface area (Å²) in [4.78, 5) is 4.57. The number of hydrogen-bond acceptors (Lipinski definition) is 3. The van der Waals surface area contributed by atoms with Crippen LogP contribution in [0, 0.1) is 0 Å². The van der Waals surface area contributed by atoms with Crippen LogP contribution in [0.1, 0.15) is 45.6 Å². The Labute approximate surface area is 174 Å². The van der Waals surface area contributed by atoms with E-state index in [0.717, 1.165) is 24.8 Å². The SMILES string of the molecule is CN=C(NCc1cccc(S(=O)(=O)N2CCCCC2)c1)NC(C)(C)C.I. The van der Waals surface area contributed by atoms with E-state index in [9.17, 15) is 8.42 Å². The van der Waals surface area contributed by atoms with Gasteiger partial charge in [-0.05, 0) is 51.3 Å². The minimum atomic E-state index is -3.40. The number of guanidine groups is 1. The van der Waals surface area contributed by atoms with Gasteiger partial charge >= 0.3 is 0 Å². The number of nitrogens with zero attached hydrogens (tertiary/aromatic N) is 2. The van der Waals surface area contributed by atoms with E-state index in [0.29, 0.717) is 30.5 Å². The van der Waals surface area contributed by atoms with Crippen molar-refractivity contribution in [2.24, 2.45) is 4.99 Å². The zero-order chi connectivity index (χ0) is 18.5. The normalized spacial score (nSPS) is 16.7. The molecule has 0 radical (unpaired) electrons. The Morgan fingerprint density at radius 3 is 2.42 bits per heavy atom. The van der Waals surface area contributed by atoms with Crippen molar-refractivity contribution in [3.05, 3.63) is 29.8 Å². The Hall–Kier alpha value is -0.870. The predicted octanol–water partition coefficient (Wildman–Crippen LogP) is 2.94. The first-order valence-electron chi connectivity index (χ1n) is 8.80. The Morgan fingerprint density at radius 1 is 1.19 bits per heavy atom. The second kappa shape index (κ2) is 9.89. The van der Waals surface area contributed by atoms with E-state index in [1.165, 1.54) is 0 Å². The molecule has 26 heavy (non-hydrogen) atoms. The fourth-order valence-corrected chi connectivity index (χ4v) is 4.38. The van der Waals surface area contributed by atoms with Gasteiger partial charge in [-0.1, -0.05) is 18.6 Å². The first kappa shape index (κ1) is 23.2. The summed E-state index contributed by atoms with van der Waals surface area (Å²) >= 11 is 0. The molecule has 2 N–H and O–H groups in total. The molecule has 148 valence electrons. The third-order valence-electron chi connectivity index (χ3n) is 4.03. The minimum Gasteiger partial charge on any atom is -0.352 e. The Balaban J connectivity index is 0.00000338. The standard InChI is InChI=1S/C18H30N4O2S.HI/c1-18(2,3)21-17(19-4)20-14-15-9-8-10-16(13-15)25(23,24)22-11-6-5-7-12-22;/h8-10,13H,5-7,11-12,14H2,1-4H3,(H2,19,20,21);1H. The van der Waals surface area contributed by atoms with Gasteiger partial charge in [-0.2, -0.15) is 4.31 Å². The quantitative estimate of drug-likeness (QED) is 0.384. The summed E-state index contributed by atoms with van der Waals surface area (Å²) in [5.74, 6) is 0.691. The number of rotatable bonds is 4. The number of hydrogen-bond donors (Lipinski definition) is 2. The molecule has 1 aliphatic heterocycles. The highest BCUT2D eigenvalue weighted by Gasteiger charge is 2.25. The molecule has 0 unspecified atom stereocenters. The van der Waals surface area contributed by atoms with Crippen LogP contribution in [-0.2, 0) is 16.6 Å². The molecule has 0 atom stereocenters. The van der Waals surface area contributed by atoms with Gasteiger partial charge in [-0.3, -0.25) is 4.99 Å². The summed E-state index contributed by atoms with van der Waals surface area (Å²) in [5, 5.41) is 6.52. The van der Waals surface area contributed by atoms with Crippen molar-refractivity contribution < 1.29 is 8.42 Å². The van der Waals surface area contributed by atoms with E-state index < -0.39 is 10.0 Å². The lowest BCUT2D eigenvalue weighted by Gasteiger charge is -2.26. The summed E-state index contributed by atoms with van der Waals surface area (Å²) in [6, 6.07) is 7.15. The molecule has 0 saturated carbocycles. The lowest BCUT2D eigenvalue weighted by Crippen LogP contribution is -2.47. The van der Waals surface area contributed by atoms with Crippen molar-refractivity contribution in [2.75, 3.05) is 20.1 Å². The zero-order valence-corrected chi connectivity index (χ0v) is 19.2. The van der Waals surface area contributed by atoms with Crippen molar-refractivity contribution in [3.8, 4) is 0 Å². The number of sulfonamides is 1. The molecular formula is C18H31IN4O2S. The van der Waals surface area contributed by atoms with Crippen LogP contribution in [0.25, 0.3) is 0 Å². The van der Waals surface area contributed by atoms with Gasteiger partial charge in [0.15, 0.2) is 5.96 Å². The topological polar surface area (TPSA) is 73.8 Å². The first-order valence-corrected chi connectivity index (χ1v) is 10.2. The number of piperidine rings is 1. The molecule has 1 fully saturated rings. The summed E-state index contributed by atoms with van der Waals surface area (Å²) < 4.78 is 27.2. The van der Waals surface area contributed by atoms with Gasteiger partial charge in [0, 0.05) is 32.2 Å². The number of aliphatic imine (C=N–C) groups is 1. The first-order chi connectivity index (χ1) is 11.7. The van der Waals surface area contributed by atoms with E-state index in [1.807, 2.05) is 6.07 Å². The molecule has 1 saturated heterocycles. The number of benzene rings is 1. The van der Waals surface area contributed by atoms with Crippen LogP contribution in [0.2, 0.25) is 0 Å². The van der Waals surface area contributed by atoms with Crippen LogP contribution in [-0.4, -0.2) is 44.4 Å². The van der Waals surface area contributed by atoms with Gasteiger partial charge in [-0.15, -0.1) is 24.0 Å². The molecule has 0 aliphatic carbocycles. The van der Waals surface area contributed by atoms with Gasteiger partial charge in [0.2, 0.25) is 10.0 Å². The van der Waals surface area contributed by atoms with Crippen LogP contribution < -0.4 is 10.6 Å². The maximum Gasteiger partial charge on any atom is 0.243 e. The van der Waals surface area contributed by atoms with Crippen molar-refractivity contribution in [1.82, 2.24) is 14.9 Å².